The summed E-state index contributed by atoms with van der Waals surface area (Å²) in [6.45, 7) is 0. The fraction of sp³-hybridized carbons (Fsp3) is 0.0714. The highest BCUT2D eigenvalue weighted by Crippen LogP contribution is 2.25. The van der Waals surface area contributed by atoms with E-state index in [2.05, 4.69) is 5.32 Å². The number of hydrogen-bond acceptors (Lipinski definition) is 3. The van der Waals surface area contributed by atoms with E-state index in [1.165, 1.54) is 11.0 Å². The minimum absolute atomic E-state index is 0.122. The lowest BCUT2D eigenvalue weighted by Crippen LogP contribution is -2.07. The number of benzene rings is 1. The number of anilines is 1. The Labute approximate surface area is 125 Å². The first-order valence-electron chi connectivity index (χ1n) is 5.62. The first-order valence-corrected chi connectivity index (χ1v) is 7.87. The van der Waals surface area contributed by atoms with E-state index in [4.69, 9.17) is 11.6 Å². The van der Waals surface area contributed by atoms with Gasteiger partial charge in [-0.1, -0.05) is 29.8 Å². The Morgan fingerprint density at radius 1 is 1.26 bits per heavy atom. The molecule has 0 atom stereocenters. The van der Waals surface area contributed by atoms with Crippen molar-refractivity contribution in [3.8, 4) is 0 Å². The van der Waals surface area contributed by atoms with Crippen molar-refractivity contribution in [2.24, 2.45) is 0 Å². The fourth-order valence-electron chi connectivity index (χ4n) is 1.37. The lowest BCUT2D eigenvalue weighted by molar-refractivity contribution is -0.111. The van der Waals surface area contributed by atoms with Crippen LogP contribution in [-0.4, -0.2) is 5.91 Å². The Kier molecular flexibility index (Phi) is 5.51. The lowest BCUT2D eigenvalue weighted by Gasteiger charge is -2.00. The Morgan fingerprint density at radius 3 is 2.74 bits per heavy atom. The van der Waals surface area contributed by atoms with Gasteiger partial charge in [-0.25, -0.2) is 0 Å². The van der Waals surface area contributed by atoms with Crippen molar-refractivity contribution in [3.05, 3.63) is 63.2 Å². The molecule has 0 spiro atoms. The van der Waals surface area contributed by atoms with Gasteiger partial charge in [-0.15, -0.1) is 23.1 Å². The maximum absolute atomic E-state index is 11.6. The van der Waals surface area contributed by atoms with Crippen LogP contribution in [0.1, 0.15) is 4.88 Å². The number of para-hydroxylation sites is 1. The third kappa shape index (κ3) is 5.11. The summed E-state index contributed by atoms with van der Waals surface area (Å²) in [5.41, 5.74) is 0.798. The standard InChI is InChI=1S/C14H12ClNOS2/c15-13-7-6-12(19-13)10-18-9-8-14(17)16-11-4-2-1-3-5-11/h1-9H,10H2,(H,16,17)/b9-8+. The monoisotopic (exact) mass is 309 g/mol. The van der Waals surface area contributed by atoms with E-state index in [0.717, 1.165) is 15.8 Å². The largest absolute Gasteiger partial charge is 0.322 e. The highest BCUT2D eigenvalue weighted by Gasteiger charge is 1.98. The Hall–Kier alpha value is -1.23. The van der Waals surface area contributed by atoms with Gasteiger partial charge < -0.3 is 5.32 Å². The number of hydrogen-bond donors (Lipinski definition) is 1. The van der Waals surface area contributed by atoms with E-state index in [-0.39, 0.29) is 5.91 Å². The molecule has 0 aliphatic carbocycles. The zero-order valence-corrected chi connectivity index (χ0v) is 12.4. The van der Waals surface area contributed by atoms with Crippen LogP contribution in [0.5, 0.6) is 0 Å². The van der Waals surface area contributed by atoms with Crippen LogP contribution < -0.4 is 5.32 Å². The topological polar surface area (TPSA) is 29.1 Å². The number of thioether (sulfide) groups is 1. The van der Waals surface area contributed by atoms with Crippen molar-refractivity contribution in [1.82, 2.24) is 0 Å². The molecular formula is C14H12ClNOS2. The van der Waals surface area contributed by atoms with Crippen molar-refractivity contribution in [2.45, 2.75) is 5.75 Å². The summed E-state index contributed by atoms with van der Waals surface area (Å²) < 4.78 is 0.793. The fourth-order valence-corrected chi connectivity index (χ4v) is 3.27. The Balaban J connectivity index is 1.75. The zero-order valence-electron chi connectivity index (χ0n) is 10.0. The van der Waals surface area contributed by atoms with E-state index in [0.29, 0.717) is 0 Å². The normalized spacial score (nSPS) is 10.8. The van der Waals surface area contributed by atoms with Gasteiger partial charge in [0.1, 0.15) is 0 Å². The number of carbonyl (C=O) groups excluding carboxylic acids is 1. The molecule has 19 heavy (non-hydrogen) atoms. The van der Waals surface area contributed by atoms with Gasteiger partial charge in [0.05, 0.1) is 4.34 Å². The van der Waals surface area contributed by atoms with Gasteiger partial charge in [-0.05, 0) is 29.7 Å². The number of carbonyl (C=O) groups is 1. The van der Waals surface area contributed by atoms with E-state index in [1.807, 2.05) is 42.5 Å². The summed E-state index contributed by atoms with van der Waals surface area (Å²) in [6.07, 6.45) is 1.53. The highest BCUT2D eigenvalue weighted by molar-refractivity contribution is 8.01. The second-order valence-corrected chi connectivity index (χ2v) is 6.37. The van der Waals surface area contributed by atoms with E-state index < -0.39 is 0 Å². The van der Waals surface area contributed by atoms with Gasteiger partial charge in [-0.3, -0.25) is 4.79 Å². The van der Waals surface area contributed by atoms with Crippen LogP contribution in [0, 0.1) is 0 Å². The molecule has 0 unspecified atom stereocenters. The second-order valence-electron chi connectivity index (χ2n) is 3.67. The van der Waals surface area contributed by atoms with Crippen LogP contribution in [0.2, 0.25) is 4.34 Å². The third-order valence-corrected chi connectivity index (χ3v) is 4.43. The predicted molar refractivity (Wildman–Crippen MR) is 84.8 cm³/mol. The van der Waals surface area contributed by atoms with Crippen molar-refractivity contribution in [3.63, 3.8) is 0 Å². The third-order valence-electron chi connectivity index (χ3n) is 2.21. The quantitative estimate of drug-likeness (QED) is 0.805. The molecule has 0 bridgehead atoms. The molecule has 0 aliphatic heterocycles. The van der Waals surface area contributed by atoms with E-state index >= 15 is 0 Å². The predicted octanol–water partition coefficient (Wildman–Crippen LogP) is 4.79. The SMILES string of the molecule is O=C(/C=C/SCc1ccc(Cl)s1)Nc1ccccc1. The van der Waals surface area contributed by atoms with Gasteiger partial charge >= 0.3 is 0 Å². The first kappa shape index (κ1) is 14.2. The number of thiophene rings is 1. The molecule has 0 fully saturated rings. The van der Waals surface area contributed by atoms with Gasteiger partial charge in [-0.2, -0.15) is 0 Å². The molecule has 0 saturated carbocycles. The van der Waals surface area contributed by atoms with Gasteiger partial charge in [0.25, 0.3) is 0 Å². The van der Waals surface area contributed by atoms with Crippen molar-refractivity contribution in [2.75, 3.05) is 5.32 Å². The second kappa shape index (κ2) is 7.38. The maximum atomic E-state index is 11.6. The molecular weight excluding hydrogens is 298 g/mol. The molecule has 0 saturated heterocycles. The molecule has 98 valence electrons. The molecule has 1 aromatic carbocycles. The number of halogens is 1. The first-order chi connectivity index (χ1) is 9.24. The molecule has 1 heterocycles. The molecule has 0 aliphatic rings. The van der Waals surface area contributed by atoms with E-state index in [1.54, 1.807) is 28.5 Å². The van der Waals surface area contributed by atoms with Crippen molar-refractivity contribution >= 4 is 46.3 Å². The molecule has 2 aromatic rings. The van der Waals surface area contributed by atoms with Gasteiger partial charge in [0, 0.05) is 22.4 Å². The smallest absolute Gasteiger partial charge is 0.248 e. The molecule has 2 nitrogen and oxygen atoms in total. The molecule has 1 amide bonds. The van der Waals surface area contributed by atoms with Crippen LogP contribution in [0.4, 0.5) is 5.69 Å². The molecule has 1 N–H and O–H groups in total. The van der Waals surface area contributed by atoms with Crippen LogP contribution in [0.25, 0.3) is 0 Å². The molecule has 5 heteroatoms. The van der Waals surface area contributed by atoms with Gasteiger partial charge in [0.2, 0.25) is 5.91 Å². The van der Waals surface area contributed by atoms with Crippen LogP contribution >= 0.6 is 34.7 Å². The van der Waals surface area contributed by atoms with Crippen molar-refractivity contribution < 1.29 is 4.79 Å². The molecule has 0 radical (unpaired) electrons. The molecule has 2 rings (SSSR count). The lowest BCUT2D eigenvalue weighted by atomic mass is 10.3. The minimum atomic E-state index is -0.122. The summed E-state index contributed by atoms with van der Waals surface area (Å²) in [7, 11) is 0. The zero-order chi connectivity index (χ0) is 13.5. The summed E-state index contributed by atoms with van der Waals surface area (Å²) >= 11 is 8.97. The maximum Gasteiger partial charge on any atom is 0.248 e. The Morgan fingerprint density at radius 2 is 2.05 bits per heavy atom. The van der Waals surface area contributed by atoms with Gasteiger partial charge in [0.15, 0.2) is 0 Å². The summed E-state index contributed by atoms with van der Waals surface area (Å²) in [4.78, 5) is 12.8. The van der Waals surface area contributed by atoms with Crippen LogP contribution in [-0.2, 0) is 10.5 Å². The number of amides is 1. The number of nitrogens with one attached hydrogen (secondary N) is 1. The average Bonchev–Trinajstić information content (AvgIpc) is 2.82. The summed E-state index contributed by atoms with van der Waals surface area (Å²) in [5.74, 6) is 0.704. The van der Waals surface area contributed by atoms with Crippen LogP contribution in [0.3, 0.4) is 0 Å². The summed E-state index contributed by atoms with van der Waals surface area (Å²) in [6, 6.07) is 13.3. The average molecular weight is 310 g/mol. The molecule has 1 aromatic heterocycles. The van der Waals surface area contributed by atoms with Crippen molar-refractivity contribution in [1.29, 1.82) is 0 Å². The minimum Gasteiger partial charge on any atom is -0.322 e. The highest BCUT2D eigenvalue weighted by atomic mass is 35.5. The number of rotatable bonds is 5. The summed E-state index contributed by atoms with van der Waals surface area (Å²) in [5, 5.41) is 4.58. The van der Waals surface area contributed by atoms with Crippen LogP contribution in [0.15, 0.2) is 53.9 Å². The Bertz CT molecular complexity index is 566. The van der Waals surface area contributed by atoms with E-state index in [9.17, 15) is 4.79 Å².